The van der Waals surface area contributed by atoms with E-state index in [-0.39, 0.29) is 29.2 Å². The molecule has 2 aromatic carbocycles. The molecule has 0 bridgehead atoms. The summed E-state index contributed by atoms with van der Waals surface area (Å²) in [7, 11) is 1.55. The van der Waals surface area contributed by atoms with Crippen LogP contribution in [-0.4, -0.2) is 30.2 Å². The number of carboxylic acids is 1. The van der Waals surface area contributed by atoms with Crippen LogP contribution >= 0.6 is 11.3 Å². The molecule has 2 heterocycles. The number of fused-ring (bicyclic) bond motifs is 1. The van der Waals surface area contributed by atoms with E-state index in [1.54, 1.807) is 13.2 Å². The summed E-state index contributed by atoms with van der Waals surface area (Å²) in [5.41, 5.74) is 2.20. The molecule has 1 aromatic heterocycles. The number of hydrogen-bond donors (Lipinski definition) is 2. The zero-order valence-electron chi connectivity index (χ0n) is 17.8. The Morgan fingerprint density at radius 1 is 1.19 bits per heavy atom. The lowest BCUT2D eigenvalue weighted by Gasteiger charge is -2.25. The first-order chi connectivity index (χ1) is 15.3. The Morgan fingerprint density at radius 2 is 1.91 bits per heavy atom. The largest absolute Gasteiger partial charge is 0.493 e. The van der Waals surface area contributed by atoms with E-state index in [1.165, 1.54) is 24.3 Å². The van der Waals surface area contributed by atoms with E-state index in [4.69, 9.17) is 9.47 Å². The SMILES string of the molecule is COc1cc([C@H]2CC(=O)Nc3c2sc(C(=O)O)c3-c2ccc(F)cc2)ccc1OC(C)C. The lowest BCUT2D eigenvalue weighted by molar-refractivity contribution is -0.116. The van der Waals surface area contributed by atoms with E-state index in [0.29, 0.717) is 28.3 Å². The zero-order chi connectivity index (χ0) is 23.0. The number of hydrogen-bond acceptors (Lipinski definition) is 5. The molecule has 1 aliphatic heterocycles. The maximum atomic E-state index is 13.4. The fourth-order valence-corrected chi connectivity index (χ4v) is 5.10. The molecule has 0 saturated carbocycles. The van der Waals surface area contributed by atoms with Gasteiger partial charge in [0, 0.05) is 22.8 Å². The molecule has 2 N–H and O–H groups in total. The normalized spacial score (nSPS) is 15.3. The van der Waals surface area contributed by atoms with Gasteiger partial charge in [-0.3, -0.25) is 4.79 Å². The number of halogens is 1. The van der Waals surface area contributed by atoms with Gasteiger partial charge in [0.1, 0.15) is 10.7 Å². The number of aromatic carboxylic acids is 1. The van der Waals surface area contributed by atoms with Crippen LogP contribution in [0.5, 0.6) is 11.5 Å². The van der Waals surface area contributed by atoms with Crippen molar-refractivity contribution in [1.82, 2.24) is 0 Å². The molecule has 1 aliphatic rings. The highest BCUT2D eigenvalue weighted by molar-refractivity contribution is 7.15. The molecule has 6 nitrogen and oxygen atoms in total. The second-order valence-electron chi connectivity index (χ2n) is 7.74. The number of anilines is 1. The van der Waals surface area contributed by atoms with Gasteiger partial charge in [-0.05, 0) is 49.2 Å². The Kier molecular flexibility index (Phi) is 5.88. The first kappa shape index (κ1) is 21.8. The van der Waals surface area contributed by atoms with Crippen LogP contribution in [0.25, 0.3) is 11.1 Å². The van der Waals surface area contributed by atoms with E-state index >= 15 is 0 Å². The molecular formula is C24H22FNO5S. The summed E-state index contributed by atoms with van der Waals surface area (Å²) in [6.45, 7) is 3.84. The summed E-state index contributed by atoms with van der Waals surface area (Å²) in [6.07, 6.45) is 0.138. The Labute approximate surface area is 188 Å². The van der Waals surface area contributed by atoms with E-state index < -0.39 is 11.8 Å². The fourth-order valence-electron chi connectivity index (χ4n) is 3.85. The highest BCUT2D eigenvalue weighted by Gasteiger charge is 2.34. The van der Waals surface area contributed by atoms with Crippen molar-refractivity contribution < 1.29 is 28.6 Å². The highest BCUT2D eigenvalue weighted by atomic mass is 32.1. The first-order valence-corrected chi connectivity index (χ1v) is 10.9. The lowest BCUT2D eigenvalue weighted by atomic mass is 9.88. The van der Waals surface area contributed by atoms with Crippen LogP contribution in [0.1, 0.15) is 46.3 Å². The van der Waals surface area contributed by atoms with Crippen molar-refractivity contribution >= 4 is 28.9 Å². The predicted molar refractivity (Wildman–Crippen MR) is 121 cm³/mol. The van der Waals surface area contributed by atoms with Crippen LogP contribution in [0.4, 0.5) is 10.1 Å². The van der Waals surface area contributed by atoms with Gasteiger partial charge in [0.05, 0.1) is 18.9 Å². The number of rotatable bonds is 6. The van der Waals surface area contributed by atoms with Crippen LogP contribution in [0.15, 0.2) is 42.5 Å². The molecule has 8 heteroatoms. The van der Waals surface area contributed by atoms with Gasteiger partial charge in [-0.2, -0.15) is 0 Å². The van der Waals surface area contributed by atoms with Gasteiger partial charge in [0.2, 0.25) is 5.91 Å². The second-order valence-corrected chi connectivity index (χ2v) is 8.79. The number of nitrogens with one attached hydrogen (secondary N) is 1. The molecule has 32 heavy (non-hydrogen) atoms. The third-order valence-corrected chi connectivity index (χ3v) is 6.48. The van der Waals surface area contributed by atoms with E-state index in [1.807, 2.05) is 26.0 Å². The molecule has 0 unspecified atom stereocenters. The summed E-state index contributed by atoms with van der Waals surface area (Å²) in [4.78, 5) is 25.5. The Hall–Kier alpha value is -3.39. The quantitative estimate of drug-likeness (QED) is 0.511. The Bertz CT molecular complexity index is 1190. The van der Waals surface area contributed by atoms with Crippen molar-refractivity contribution in [1.29, 1.82) is 0 Å². The second kappa shape index (κ2) is 8.63. The summed E-state index contributed by atoms with van der Waals surface area (Å²) < 4.78 is 24.7. The van der Waals surface area contributed by atoms with Gasteiger partial charge in [-0.1, -0.05) is 18.2 Å². The first-order valence-electron chi connectivity index (χ1n) is 10.1. The number of carbonyl (C=O) groups is 2. The smallest absolute Gasteiger partial charge is 0.346 e. The van der Waals surface area contributed by atoms with Crippen molar-refractivity contribution in [3.05, 3.63) is 63.6 Å². The van der Waals surface area contributed by atoms with Crippen molar-refractivity contribution in [3.8, 4) is 22.6 Å². The third-order valence-electron chi connectivity index (χ3n) is 5.19. The minimum absolute atomic E-state index is 0.0319. The van der Waals surface area contributed by atoms with E-state index in [9.17, 15) is 19.1 Å². The topological polar surface area (TPSA) is 84.9 Å². The van der Waals surface area contributed by atoms with Crippen molar-refractivity contribution in [3.63, 3.8) is 0 Å². The number of carboxylic acid groups (broad SMARTS) is 1. The lowest BCUT2D eigenvalue weighted by Crippen LogP contribution is -2.22. The van der Waals surface area contributed by atoms with E-state index in [0.717, 1.165) is 21.8 Å². The van der Waals surface area contributed by atoms with Crippen LogP contribution < -0.4 is 14.8 Å². The van der Waals surface area contributed by atoms with Gasteiger partial charge in [0.25, 0.3) is 0 Å². The third kappa shape index (κ3) is 4.05. The van der Waals surface area contributed by atoms with Crippen LogP contribution in [-0.2, 0) is 4.79 Å². The molecule has 0 radical (unpaired) electrons. The number of benzene rings is 2. The van der Waals surface area contributed by atoms with Gasteiger partial charge in [0.15, 0.2) is 11.5 Å². The van der Waals surface area contributed by atoms with Crippen LogP contribution in [0.2, 0.25) is 0 Å². The molecule has 0 spiro atoms. The number of methoxy groups -OCH3 is 1. The predicted octanol–water partition coefficient (Wildman–Crippen LogP) is 5.52. The Morgan fingerprint density at radius 3 is 2.53 bits per heavy atom. The van der Waals surface area contributed by atoms with Crippen molar-refractivity contribution in [2.45, 2.75) is 32.3 Å². The molecular weight excluding hydrogens is 433 g/mol. The molecule has 0 fully saturated rings. The molecule has 1 atom stereocenters. The van der Waals surface area contributed by atoms with Crippen molar-refractivity contribution in [2.24, 2.45) is 0 Å². The van der Waals surface area contributed by atoms with E-state index in [2.05, 4.69) is 5.32 Å². The zero-order valence-corrected chi connectivity index (χ0v) is 18.6. The molecule has 0 saturated heterocycles. The molecule has 4 rings (SSSR count). The maximum absolute atomic E-state index is 13.4. The maximum Gasteiger partial charge on any atom is 0.346 e. The van der Waals surface area contributed by atoms with Gasteiger partial charge >= 0.3 is 5.97 Å². The average Bonchev–Trinajstić information content (AvgIpc) is 3.13. The van der Waals surface area contributed by atoms with Crippen LogP contribution in [0.3, 0.4) is 0 Å². The van der Waals surface area contributed by atoms with Crippen molar-refractivity contribution in [2.75, 3.05) is 12.4 Å². The number of carbonyl (C=O) groups excluding carboxylic acids is 1. The van der Waals surface area contributed by atoms with Crippen LogP contribution in [0, 0.1) is 5.82 Å². The minimum atomic E-state index is -1.10. The summed E-state index contributed by atoms with van der Waals surface area (Å²) in [5.74, 6) is -0.962. The fraction of sp³-hybridized carbons (Fsp3) is 0.250. The van der Waals surface area contributed by atoms with Gasteiger partial charge in [-0.25, -0.2) is 9.18 Å². The highest BCUT2D eigenvalue weighted by Crippen LogP contribution is 2.50. The van der Waals surface area contributed by atoms with Gasteiger partial charge < -0.3 is 19.9 Å². The monoisotopic (exact) mass is 455 g/mol. The average molecular weight is 456 g/mol. The molecule has 1 amide bonds. The molecule has 3 aromatic rings. The summed E-state index contributed by atoms with van der Waals surface area (Å²) in [6, 6.07) is 11.1. The van der Waals surface area contributed by atoms with Gasteiger partial charge in [-0.15, -0.1) is 11.3 Å². The Balaban J connectivity index is 1.85. The summed E-state index contributed by atoms with van der Waals surface area (Å²) in [5, 5.41) is 12.7. The number of amides is 1. The number of ether oxygens (including phenoxy) is 2. The minimum Gasteiger partial charge on any atom is -0.493 e. The molecule has 0 aliphatic carbocycles. The summed E-state index contributed by atoms with van der Waals surface area (Å²) >= 11 is 1.12. The molecule has 166 valence electrons. The standard InChI is InChI=1S/C24H22FNO5S/c1-12(2)31-17-9-6-14(10-18(17)30-3)16-11-19(27)26-21-20(13-4-7-15(25)8-5-13)23(24(28)29)32-22(16)21/h4-10,12,16H,11H2,1-3H3,(H,26,27)(H,28,29)/t16-/m1/s1. The number of thiophene rings is 1.